The average molecular weight is 357 g/mol. The van der Waals surface area contributed by atoms with E-state index in [1.165, 1.54) is 28.3 Å². The number of ether oxygens (including phenoxy) is 1. The minimum Gasteiger partial charge on any atom is -0.379 e. The Labute approximate surface area is 155 Å². The first-order chi connectivity index (χ1) is 12.3. The van der Waals surface area contributed by atoms with Gasteiger partial charge in [0, 0.05) is 48.0 Å². The summed E-state index contributed by atoms with van der Waals surface area (Å²) in [5.74, 6) is 0. The second-order valence-electron chi connectivity index (χ2n) is 7.24. The number of thiophene rings is 1. The molecule has 0 spiro atoms. The third kappa shape index (κ3) is 4.14. The fourth-order valence-corrected chi connectivity index (χ4v) is 5.24. The van der Waals surface area contributed by atoms with E-state index in [0.717, 1.165) is 39.3 Å². The second kappa shape index (κ2) is 8.00. The number of benzene rings is 1. The van der Waals surface area contributed by atoms with Gasteiger partial charge in [-0.2, -0.15) is 0 Å². The van der Waals surface area contributed by atoms with E-state index >= 15 is 0 Å². The minimum absolute atomic E-state index is 0.600. The number of hydrogen-bond donors (Lipinski definition) is 0. The summed E-state index contributed by atoms with van der Waals surface area (Å²) in [6.45, 7) is 8.45. The van der Waals surface area contributed by atoms with E-state index in [4.69, 9.17) is 4.74 Å². The van der Waals surface area contributed by atoms with Gasteiger partial charge >= 0.3 is 0 Å². The van der Waals surface area contributed by atoms with Crippen molar-refractivity contribution < 1.29 is 4.74 Å². The Balaban J connectivity index is 1.52. The van der Waals surface area contributed by atoms with Crippen molar-refractivity contribution in [3.8, 4) is 0 Å². The summed E-state index contributed by atoms with van der Waals surface area (Å²) >= 11 is 1.94. The Hall–Kier alpha value is -1.20. The van der Waals surface area contributed by atoms with Gasteiger partial charge in [0.2, 0.25) is 0 Å². The lowest BCUT2D eigenvalue weighted by molar-refractivity contribution is 0.00794. The van der Waals surface area contributed by atoms with E-state index < -0.39 is 0 Å². The summed E-state index contributed by atoms with van der Waals surface area (Å²) in [5, 5.41) is 0. The zero-order chi connectivity index (χ0) is 17.1. The van der Waals surface area contributed by atoms with Crippen molar-refractivity contribution in [3.63, 3.8) is 0 Å². The van der Waals surface area contributed by atoms with Crippen molar-refractivity contribution in [2.75, 3.05) is 32.8 Å². The highest BCUT2D eigenvalue weighted by atomic mass is 32.1. The van der Waals surface area contributed by atoms with Crippen molar-refractivity contribution in [2.24, 2.45) is 0 Å². The number of rotatable bonds is 5. The lowest BCUT2D eigenvalue weighted by Crippen LogP contribution is -2.50. The van der Waals surface area contributed by atoms with Crippen molar-refractivity contribution in [3.05, 3.63) is 57.8 Å². The molecule has 0 amide bonds. The molecule has 2 saturated heterocycles. The molecule has 0 bridgehead atoms. The lowest BCUT2D eigenvalue weighted by Gasteiger charge is -2.37. The molecule has 0 unspecified atom stereocenters. The van der Waals surface area contributed by atoms with Crippen LogP contribution in [0.3, 0.4) is 0 Å². The second-order valence-corrected chi connectivity index (χ2v) is 8.62. The van der Waals surface area contributed by atoms with Gasteiger partial charge in [-0.3, -0.25) is 9.80 Å². The van der Waals surface area contributed by atoms with Crippen molar-refractivity contribution in [1.29, 1.82) is 0 Å². The molecular weight excluding hydrogens is 328 g/mol. The molecule has 1 aromatic heterocycles. The predicted molar refractivity (Wildman–Crippen MR) is 104 cm³/mol. The van der Waals surface area contributed by atoms with Gasteiger partial charge in [-0.15, -0.1) is 11.3 Å². The molecule has 0 radical (unpaired) electrons. The molecule has 3 heterocycles. The molecule has 1 aromatic carbocycles. The summed E-state index contributed by atoms with van der Waals surface area (Å²) in [7, 11) is 0. The summed E-state index contributed by atoms with van der Waals surface area (Å²) < 4.78 is 5.58. The van der Waals surface area contributed by atoms with Crippen LogP contribution in [0.25, 0.3) is 0 Å². The summed E-state index contributed by atoms with van der Waals surface area (Å²) in [6.07, 6.45) is 2.43. The Morgan fingerprint density at radius 3 is 2.56 bits per heavy atom. The maximum atomic E-state index is 5.58. The first-order valence-electron chi connectivity index (χ1n) is 9.45. The Bertz CT molecular complexity index is 666. The van der Waals surface area contributed by atoms with Crippen LogP contribution in [0.4, 0.5) is 0 Å². The predicted octanol–water partition coefficient (Wildman–Crippen LogP) is 3.57. The summed E-state index contributed by atoms with van der Waals surface area (Å²) in [5.41, 5.74) is 1.46. The van der Waals surface area contributed by atoms with Gasteiger partial charge < -0.3 is 4.74 Å². The molecule has 0 N–H and O–H groups in total. The van der Waals surface area contributed by atoms with Crippen LogP contribution in [-0.4, -0.2) is 54.7 Å². The number of nitrogens with zero attached hydrogens (tertiary/aromatic N) is 2. The fourth-order valence-electron chi connectivity index (χ4n) is 4.32. The van der Waals surface area contributed by atoms with E-state index in [-0.39, 0.29) is 0 Å². The average Bonchev–Trinajstić information content (AvgIpc) is 3.23. The maximum Gasteiger partial charge on any atom is 0.0594 e. The SMILES string of the molecule is Cc1ccc(CN2CC[C@H](N3CCOCC3)[C@H]2Cc2ccccc2)s1. The number of aryl methyl sites for hydroxylation is 1. The van der Waals surface area contributed by atoms with Crippen LogP contribution >= 0.6 is 11.3 Å². The van der Waals surface area contributed by atoms with Crippen molar-refractivity contribution in [1.82, 2.24) is 9.80 Å². The van der Waals surface area contributed by atoms with E-state index in [1.54, 1.807) is 0 Å². The third-order valence-corrected chi connectivity index (χ3v) is 6.57. The molecule has 0 aliphatic carbocycles. The molecule has 2 aliphatic heterocycles. The van der Waals surface area contributed by atoms with Gasteiger partial charge in [0.25, 0.3) is 0 Å². The molecule has 2 aliphatic rings. The van der Waals surface area contributed by atoms with Crippen LogP contribution in [-0.2, 0) is 17.7 Å². The third-order valence-electron chi connectivity index (χ3n) is 5.58. The van der Waals surface area contributed by atoms with E-state index in [9.17, 15) is 0 Å². The highest BCUT2D eigenvalue weighted by molar-refractivity contribution is 7.11. The van der Waals surface area contributed by atoms with Crippen molar-refractivity contribution in [2.45, 2.75) is 38.4 Å². The zero-order valence-electron chi connectivity index (χ0n) is 15.1. The van der Waals surface area contributed by atoms with Crippen LogP contribution in [0.2, 0.25) is 0 Å². The maximum absolute atomic E-state index is 5.58. The molecule has 3 nitrogen and oxygen atoms in total. The van der Waals surface area contributed by atoms with Crippen LogP contribution in [0.15, 0.2) is 42.5 Å². The van der Waals surface area contributed by atoms with Crippen LogP contribution in [0.1, 0.15) is 21.7 Å². The Morgan fingerprint density at radius 1 is 1.04 bits per heavy atom. The fraction of sp³-hybridized carbons (Fsp3) is 0.524. The monoisotopic (exact) mass is 356 g/mol. The zero-order valence-corrected chi connectivity index (χ0v) is 15.9. The topological polar surface area (TPSA) is 15.7 Å². The summed E-state index contributed by atoms with van der Waals surface area (Å²) in [4.78, 5) is 8.31. The van der Waals surface area contributed by atoms with Crippen molar-refractivity contribution >= 4 is 11.3 Å². The Morgan fingerprint density at radius 2 is 1.84 bits per heavy atom. The molecule has 4 heteroatoms. The van der Waals surface area contributed by atoms with E-state index in [1.807, 2.05) is 11.3 Å². The number of morpholine rings is 1. The van der Waals surface area contributed by atoms with Gasteiger partial charge in [0.15, 0.2) is 0 Å². The smallest absolute Gasteiger partial charge is 0.0594 e. The van der Waals surface area contributed by atoms with Gasteiger partial charge in [-0.05, 0) is 37.5 Å². The lowest BCUT2D eigenvalue weighted by atomic mass is 9.98. The van der Waals surface area contributed by atoms with Gasteiger partial charge in [0.1, 0.15) is 0 Å². The largest absolute Gasteiger partial charge is 0.379 e. The highest BCUT2D eigenvalue weighted by Gasteiger charge is 2.38. The van der Waals surface area contributed by atoms with E-state index in [2.05, 4.69) is 59.2 Å². The molecular formula is C21H28N2OS. The molecule has 2 atom stereocenters. The first-order valence-corrected chi connectivity index (χ1v) is 10.3. The molecule has 25 heavy (non-hydrogen) atoms. The van der Waals surface area contributed by atoms with Gasteiger partial charge in [-0.25, -0.2) is 0 Å². The van der Waals surface area contributed by atoms with Crippen LogP contribution < -0.4 is 0 Å². The minimum atomic E-state index is 0.600. The Kier molecular flexibility index (Phi) is 5.51. The summed E-state index contributed by atoms with van der Waals surface area (Å²) in [6, 6.07) is 16.8. The van der Waals surface area contributed by atoms with Gasteiger partial charge in [0.05, 0.1) is 13.2 Å². The standard InChI is InChI=1S/C21H28N2OS/c1-17-7-8-19(25-17)16-23-10-9-20(22-11-13-24-14-12-22)21(23)15-18-5-3-2-4-6-18/h2-8,20-21H,9-16H2,1H3/t20-,21+/m0/s1. The highest BCUT2D eigenvalue weighted by Crippen LogP contribution is 2.29. The van der Waals surface area contributed by atoms with Gasteiger partial charge in [-0.1, -0.05) is 30.3 Å². The molecule has 0 saturated carbocycles. The first kappa shape index (κ1) is 17.2. The normalized spacial score (nSPS) is 25.5. The quantitative estimate of drug-likeness (QED) is 0.814. The van der Waals surface area contributed by atoms with Crippen LogP contribution in [0, 0.1) is 6.92 Å². The molecule has 2 aromatic rings. The number of likely N-dealkylation sites (tertiary alicyclic amines) is 1. The molecule has 134 valence electrons. The van der Waals surface area contributed by atoms with Crippen LogP contribution in [0.5, 0.6) is 0 Å². The van der Waals surface area contributed by atoms with E-state index in [0.29, 0.717) is 12.1 Å². The molecule has 2 fully saturated rings. The number of hydrogen-bond acceptors (Lipinski definition) is 4. The molecule has 4 rings (SSSR count).